The topological polar surface area (TPSA) is 122 Å². The third kappa shape index (κ3) is 2.78. The molecule has 0 bridgehead atoms. The van der Waals surface area contributed by atoms with Crippen LogP contribution in [-0.2, 0) is 4.79 Å². The zero-order valence-electron chi connectivity index (χ0n) is 13.0. The molecule has 3 aromatic heterocycles. The van der Waals surface area contributed by atoms with Crippen LogP contribution in [0.15, 0.2) is 34.6 Å². The van der Waals surface area contributed by atoms with E-state index in [1.165, 1.54) is 11.6 Å². The van der Waals surface area contributed by atoms with Crippen LogP contribution in [0.2, 0.25) is 0 Å². The molecular formula is C16H13N3O5S. The highest BCUT2D eigenvalue weighted by atomic mass is 32.1. The van der Waals surface area contributed by atoms with Gasteiger partial charge in [0, 0.05) is 11.6 Å². The Kier molecular flexibility index (Phi) is 4.32. The van der Waals surface area contributed by atoms with E-state index in [-0.39, 0.29) is 28.0 Å². The molecule has 0 fully saturated rings. The smallest absolute Gasteiger partial charge is 0.337 e. The lowest BCUT2D eigenvalue weighted by Gasteiger charge is -2.17. The monoisotopic (exact) mass is 359 g/mol. The van der Waals surface area contributed by atoms with E-state index >= 15 is 0 Å². The van der Waals surface area contributed by atoms with Crippen LogP contribution in [0.25, 0.3) is 21.7 Å². The van der Waals surface area contributed by atoms with E-state index in [0.717, 1.165) is 15.9 Å². The van der Waals surface area contributed by atoms with Crippen molar-refractivity contribution >= 4 is 33.5 Å². The number of aromatic carboxylic acids is 1. The highest BCUT2D eigenvalue weighted by Crippen LogP contribution is 2.27. The molecule has 0 saturated heterocycles. The van der Waals surface area contributed by atoms with Gasteiger partial charge in [0.05, 0.1) is 10.9 Å². The molecule has 8 nitrogen and oxygen atoms in total. The van der Waals surface area contributed by atoms with Gasteiger partial charge in [-0.05, 0) is 18.6 Å². The first-order valence-electron chi connectivity index (χ1n) is 7.37. The highest BCUT2D eigenvalue weighted by Gasteiger charge is 2.27. The maximum absolute atomic E-state index is 13.0. The summed E-state index contributed by atoms with van der Waals surface area (Å²) in [5.41, 5.74) is -0.538. The van der Waals surface area contributed by atoms with Crippen LogP contribution >= 0.6 is 11.3 Å². The molecule has 128 valence electrons. The average Bonchev–Trinajstić information content (AvgIpc) is 3.02. The van der Waals surface area contributed by atoms with Crippen molar-refractivity contribution in [2.24, 2.45) is 0 Å². The van der Waals surface area contributed by atoms with Crippen LogP contribution in [0.4, 0.5) is 0 Å². The predicted molar refractivity (Wildman–Crippen MR) is 91.0 cm³/mol. The molecule has 3 rings (SSSR count). The van der Waals surface area contributed by atoms with Gasteiger partial charge in [0.25, 0.3) is 5.56 Å². The summed E-state index contributed by atoms with van der Waals surface area (Å²) >= 11 is 1.02. The molecule has 2 N–H and O–H groups in total. The van der Waals surface area contributed by atoms with E-state index in [1.807, 2.05) is 0 Å². The number of carboxylic acid groups (broad SMARTS) is 2. The van der Waals surface area contributed by atoms with Gasteiger partial charge in [-0.3, -0.25) is 14.3 Å². The Morgan fingerprint density at radius 2 is 2.08 bits per heavy atom. The summed E-state index contributed by atoms with van der Waals surface area (Å²) in [5, 5.41) is 20.0. The molecule has 0 aliphatic carbocycles. The van der Waals surface area contributed by atoms with Crippen molar-refractivity contribution in [1.82, 2.24) is 14.5 Å². The predicted octanol–water partition coefficient (Wildman–Crippen LogP) is 2.25. The van der Waals surface area contributed by atoms with Gasteiger partial charge < -0.3 is 10.2 Å². The Hall–Kier alpha value is -3.07. The van der Waals surface area contributed by atoms with Gasteiger partial charge in [0.2, 0.25) is 0 Å². The van der Waals surface area contributed by atoms with E-state index in [1.54, 1.807) is 25.1 Å². The number of thiophene rings is 1. The molecule has 0 saturated carbocycles. The lowest BCUT2D eigenvalue weighted by atomic mass is 10.1. The van der Waals surface area contributed by atoms with E-state index in [9.17, 15) is 24.6 Å². The Bertz CT molecular complexity index is 1030. The SMILES string of the molecule is CCC(C(=O)O)n1c(-c2ccccn2)nc2scc(C(=O)O)c2c1=O. The molecule has 1 atom stereocenters. The quantitative estimate of drug-likeness (QED) is 0.716. The van der Waals surface area contributed by atoms with Crippen molar-refractivity contribution in [3.63, 3.8) is 0 Å². The Morgan fingerprint density at radius 1 is 1.32 bits per heavy atom. The second-order valence-corrected chi connectivity index (χ2v) is 6.08. The van der Waals surface area contributed by atoms with E-state index in [0.29, 0.717) is 5.69 Å². The van der Waals surface area contributed by atoms with Gasteiger partial charge in [-0.15, -0.1) is 11.3 Å². The number of aliphatic carboxylic acids is 1. The zero-order chi connectivity index (χ0) is 18.1. The summed E-state index contributed by atoms with van der Waals surface area (Å²) < 4.78 is 1.02. The first-order chi connectivity index (χ1) is 12.0. The molecule has 0 aliphatic heterocycles. The molecule has 0 spiro atoms. The molecular weight excluding hydrogens is 346 g/mol. The van der Waals surface area contributed by atoms with Crippen LogP contribution < -0.4 is 5.56 Å². The average molecular weight is 359 g/mol. The van der Waals surface area contributed by atoms with Crippen molar-refractivity contribution < 1.29 is 19.8 Å². The second kappa shape index (κ2) is 6.44. The number of carboxylic acids is 2. The fraction of sp³-hybridized carbons (Fsp3) is 0.188. The van der Waals surface area contributed by atoms with Crippen LogP contribution in [0.1, 0.15) is 29.7 Å². The molecule has 3 aromatic rings. The summed E-state index contributed by atoms with van der Waals surface area (Å²) in [7, 11) is 0. The summed E-state index contributed by atoms with van der Waals surface area (Å²) in [6, 6.07) is 3.82. The van der Waals surface area contributed by atoms with E-state index in [4.69, 9.17) is 0 Å². The van der Waals surface area contributed by atoms with Gasteiger partial charge >= 0.3 is 11.9 Å². The number of fused-ring (bicyclic) bond motifs is 1. The number of carbonyl (C=O) groups is 2. The molecule has 0 amide bonds. The fourth-order valence-corrected chi connectivity index (χ4v) is 3.50. The standard InChI is InChI=1S/C16H13N3O5S/c1-2-10(16(23)24)19-12(9-5-3-4-6-17-9)18-13-11(14(19)20)8(7-25-13)15(21)22/h3-7,10H,2H2,1H3,(H,21,22)(H,23,24). The third-order valence-electron chi connectivity index (χ3n) is 3.75. The lowest BCUT2D eigenvalue weighted by molar-refractivity contribution is -0.141. The molecule has 3 heterocycles. The second-order valence-electron chi connectivity index (χ2n) is 5.22. The summed E-state index contributed by atoms with van der Waals surface area (Å²) in [5.74, 6) is -2.35. The minimum absolute atomic E-state index is 0.0862. The number of nitrogens with zero attached hydrogens (tertiary/aromatic N) is 3. The summed E-state index contributed by atoms with van der Waals surface area (Å²) in [6.07, 6.45) is 1.64. The minimum Gasteiger partial charge on any atom is -0.480 e. The first-order valence-corrected chi connectivity index (χ1v) is 8.24. The molecule has 25 heavy (non-hydrogen) atoms. The Morgan fingerprint density at radius 3 is 2.64 bits per heavy atom. The van der Waals surface area contributed by atoms with Crippen LogP contribution in [0.5, 0.6) is 0 Å². The van der Waals surface area contributed by atoms with Gasteiger partial charge in [0.15, 0.2) is 5.82 Å². The number of hydrogen-bond donors (Lipinski definition) is 2. The van der Waals surface area contributed by atoms with E-state index in [2.05, 4.69) is 9.97 Å². The third-order valence-corrected chi connectivity index (χ3v) is 4.62. The lowest BCUT2D eigenvalue weighted by Crippen LogP contribution is -2.32. The van der Waals surface area contributed by atoms with Crippen LogP contribution in [0, 0.1) is 0 Å². The Labute approximate surface area is 145 Å². The maximum atomic E-state index is 13.0. The van der Waals surface area contributed by atoms with Gasteiger partial charge in [-0.2, -0.15) is 0 Å². The van der Waals surface area contributed by atoms with Crippen LogP contribution in [0.3, 0.4) is 0 Å². The van der Waals surface area contributed by atoms with Gasteiger partial charge in [-0.1, -0.05) is 13.0 Å². The zero-order valence-corrected chi connectivity index (χ0v) is 13.9. The summed E-state index contributed by atoms with van der Waals surface area (Å²) in [4.78, 5) is 44.7. The maximum Gasteiger partial charge on any atom is 0.337 e. The molecule has 1 unspecified atom stereocenters. The number of pyridine rings is 1. The molecule has 0 aromatic carbocycles. The number of hydrogen-bond acceptors (Lipinski definition) is 6. The van der Waals surface area contributed by atoms with Crippen molar-refractivity contribution in [2.45, 2.75) is 19.4 Å². The van der Waals surface area contributed by atoms with Crippen molar-refractivity contribution in [2.75, 3.05) is 0 Å². The van der Waals surface area contributed by atoms with Crippen LogP contribution in [-0.4, -0.2) is 36.7 Å². The largest absolute Gasteiger partial charge is 0.480 e. The van der Waals surface area contributed by atoms with Crippen molar-refractivity contribution in [3.05, 3.63) is 45.7 Å². The normalized spacial score (nSPS) is 12.2. The molecule has 0 radical (unpaired) electrons. The van der Waals surface area contributed by atoms with Crippen molar-refractivity contribution in [3.8, 4) is 11.5 Å². The van der Waals surface area contributed by atoms with Gasteiger partial charge in [0.1, 0.15) is 16.6 Å². The van der Waals surface area contributed by atoms with Gasteiger partial charge in [-0.25, -0.2) is 14.6 Å². The fourth-order valence-electron chi connectivity index (χ4n) is 2.59. The molecule has 0 aliphatic rings. The number of rotatable bonds is 5. The van der Waals surface area contributed by atoms with E-state index < -0.39 is 23.5 Å². The van der Waals surface area contributed by atoms with Crippen molar-refractivity contribution in [1.29, 1.82) is 0 Å². The highest BCUT2D eigenvalue weighted by molar-refractivity contribution is 7.17. The Balaban J connectivity index is 2.44. The minimum atomic E-state index is -1.26. The number of aromatic nitrogens is 3. The first kappa shape index (κ1) is 16.8. The summed E-state index contributed by atoms with van der Waals surface area (Å²) in [6.45, 7) is 1.63. The molecule has 9 heteroatoms.